The highest BCUT2D eigenvalue weighted by molar-refractivity contribution is 5.55. The number of hydrogen-bond acceptors (Lipinski definition) is 6. The minimum Gasteiger partial charge on any atom is -0.481 e. The van der Waals surface area contributed by atoms with Crippen molar-refractivity contribution in [2.75, 3.05) is 18.6 Å². The first-order chi connectivity index (χ1) is 9.83. The molecule has 0 amide bonds. The summed E-state index contributed by atoms with van der Waals surface area (Å²) in [5, 5.41) is 9.18. The van der Waals surface area contributed by atoms with E-state index in [1.807, 2.05) is 0 Å². The van der Waals surface area contributed by atoms with Crippen molar-refractivity contribution >= 4 is 5.82 Å². The third kappa shape index (κ3) is 2.03. The van der Waals surface area contributed by atoms with Crippen LogP contribution in [-0.4, -0.2) is 28.6 Å². The van der Waals surface area contributed by atoms with E-state index in [9.17, 15) is 5.26 Å². The first-order valence-electron chi connectivity index (χ1n) is 6.30. The second-order valence-electron chi connectivity index (χ2n) is 4.47. The van der Waals surface area contributed by atoms with Crippen LogP contribution in [0, 0.1) is 11.3 Å². The van der Waals surface area contributed by atoms with Crippen LogP contribution >= 0.6 is 0 Å². The van der Waals surface area contributed by atoms with Crippen molar-refractivity contribution in [3.8, 4) is 11.9 Å². The van der Waals surface area contributed by atoms with Crippen LogP contribution in [-0.2, 0) is 13.0 Å². The van der Waals surface area contributed by atoms with Crippen molar-refractivity contribution in [2.45, 2.75) is 13.0 Å². The maximum Gasteiger partial charge on any atom is 0.221 e. The number of ether oxygens (including phenoxy) is 1. The Labute approximate surface area is 116 Å². The van der Waals surface area contributed by atoms with E-state index >= 15 is 0 Å². The van der Waals surface area contributed by atoms with Crippen molar-refractivity contribution < 1.29 is 4.74 Å². The zero-order chi connectivity index (χ0) is 13.9. The molecule has 0 aromatic carbocycles. The first-order valence-corrected chi connectivity index (χ1v) is 6.30. The molecule has 0 unspecified atom stereocenters. The summed E-state index contributed by atoms with van der Waals surface area (Å²) in [7, 11) is 1.60. The van der Waals surface area contributed by atoms with Crippen molar-refractivity contribution in [1.82, 2.24) is 15.0 Å². The van der Waals surface area contributed by atoms with Gasteiger partial charge < -0.3 is 9.64 Å². The topological polar surface area (TPSA) is 74.9 Å². The largest absolute Gasteiger partial charge is 0.481 e. The summed E-state index contributed by atoms with van der Waals surface area (Å²) in [6, 6.07) is 5.72. The lowest BCUT2D eigenvalue weighted by atomic mass is 10.1. The molecule has 0 spiro atoms. The van der Waals surface area contributed by atoms with Crippen LogP contribution in [0.25, 0.3) is 0 Å². The second-order valence-corrected chi connectivity index (χ2v) is 4.47. The maximum atomic E-state index is 9.18. The Balaban J connectivity index is 1.98. The van der Waals surface area contributed by atoms with Crippen LogP contribution in [0.15, 0.2) is 24.7 Å². The number of fused-ring (bicyclic) bond motifs is 1. The number of hydrogen-bond donors (Lipinski definition) is 0. The molecule has 20 heavy (non-hydrogen) atoms. The van der Waals surface area contributed by atoms with Gasteiger partial charge in [-0.25, -0.2) is 15.0 Å². The summed E-state index contributed by atoms with van der Waals surface area (Å²) in [4.78, 5) is 14.8. The van der Waals surface area contributed by atoms with Crippen LogP contribution < -0.4 is 9.64 Å². The molecule has 2 aromatic heterocycles. The summed E-state index contributed by atoms with van der Waals surface area (Å²) >= 11 is 0. The third-order valence-electron chi connectivity index (χ3n) is 3.36. The highest BCUT2D eigenvalue weighted by Gasteiger charge is 2.23. The van der Waals surface area contributed by atoms with Gasteiger partial charge in [-0.15, -0.1) is 0 Å². The molecule has 2 aromatic rings. The second kappa shape index (κ2) is 5.13. The zero-order valence-electron chi connectivity index (χ0n) is 11.1. The van der Waals surface area contributed by atoms with Gasteiger partial charge in [0.1, 0.15) is 18.2 Å². The normalized spacial score (nSPS) is 13.5. The van der Waals surface area contributed by atoms with Gasteiger partial charge in [0.25, 0.3) is 0 Å². The molecule has 0 atom stereocenters. The lowest BCUT2D eigenvalue weighted by molar-refractivity contribution is 0.387. The number of pyridine rings is 1. The molecule has 0 fully saturated rings. The van der Waals surface area contributed by atoms with Gasteiger partial charge in [-0.1, -0.05) is 0 Å². The lowest BCUT2D eigenvalue weighted by Crippen LogP contribution is -2.32. The lowest BCUT2D eigenvalue weighted by Gasteiger charge is -2.29. The predicted octanol–water partition coefficient (Wildman–Crippen LogP) is 1.31. The van der Waals surface area contributed by atoms with Gasteiger partial charge in [-0.2, -0.15) is 5.26 Å². The van der Waals surface area contributed by atoms with E-state index in [2.05, 4.69) is 25.9 Å². The van der Waals surface area contributed by atoms with Gasteiger partial charge in [-0.3, -0.25) is 0 Å². The van der Waals surface area contributed by atoms with E-state index in [0.717, 1.165) is 24.2 Å². The minimum absolute atomic E-state index is 0.576. The van der Waals surface area contributed by atoms with Gasteiger partial charge in [0.05, 0.1) is 30.5 Å². The zero-order valence-corrected chi connectivity index (χ0v) is 11.1. The fourth-order valence-electron chi connectivity index (χ4n) is 2.41. The molecule has 3 heterocycles. The third-order valence-corrected chi connectivity index (χ3v) is 3.36. The van der Waals surface area contributed by atoms with Gasteiger partial charge >= 0.3 is 0 Å². The van der Waals surface area contributed by atoms with Gasteiger partial charge in [-0.05, 0) is 12.1 Å². The molecule has 6 heteroatoms. The quantitative estimate of drug-likeness (QED) is 0.816. The molecule has 1 aliphatic heterocycles. The van der Waals surface area contributed by atoms with Crippen LogP contribution in [0.5, 0.6) is 5.88 Å². The summed E-state index contributed by atoms with van der Waals surface area (Å²) in [5.74, 6) is 1.29. The van der Waals surface area contributed by atoms with E-state index in [0.29, 0.717) is 23.8 Å². The van der Waals surface area contributed by atoms with Crippen LogP contribution in [0.1, 0.15) is 16.8 Å². The van der Waals surface area contributed by atoms with Crippen molar-refractivity contribution in [2.24, 2.45) is 0 Å². The van der Waals surface area contributed by atoms with E-state index in [4.69, 9.17) is 4.74 Å². The molecule has 0 saturated carbocycles. The summed E-state index contributed by atoms with van der Waals surface area (Å²) in [6.07, 6.45) is 4.01. The maximum absolute atomic E-state index is 9.18. The van der Waals surface area contributed by atoms with E-state index in [1.165, 1.54) is 6.33 Å². The van der Waals surface area contributed by atoms with Crippen LogP contribution in [0.4, 0.5) is 5.82 Å². The predicted molar refractivity (Wildman–Crippen MR) is 72.3 cm³/mol. The Bertz CT molecular complexity index is 665. The molecule has 1 aliphatic rings. The molecule has 0 radical (unpaired) electrons. The minimum atomic E-state index is 0.576. The molecule has 3 rings (SSSR count). The highest BCUT2D eigenvalue weighted by Crippen LogP contribution is 2.28. The van der Waals surface area contributed by atoms with Crippen molar-refractivity contribution in [3.05, 3.63) is 41.5 Å². The molecule has 100 valence electrons. The molecular weight excluding hydrogens is 254 g/mol. The van der Waals surface area contributed by atoms with Gasteiger partial charge in [0.15, 0.2) is 0 Å². The summed E-state index contributed by atoms with van der Waals surface area (Å²) < 4.78 is 5.29. The number of rotatable bonds is 2. The molecule has 0 saturated heterocycles. The number of anilines is 1. The Morgan fingerprint density at radius 1 is 1.35 bits per heavy atom. The van der Waals surface area contributed by atoms with Crippen molar-refractivity contribution in [3.63, 3.8) is 0 Å². The average molecular weight is 267 g/mol. The SMILES string of the molecule is COc1ncnc2c1CN(c1ncccc1C#N)CC2. The van der Waals surface area contributed by atoms with Crippen LogP contribution in [0.3, 0.4) is 0 Å². The smallest absolute Gasteiger partial charge is 0.221 e. The van der Waals surface area contributed by atoms with E-state index < -0.39 is 0 Å². The monoisotopic (exact) mass is 267 g/mol. The highest BCUT2D eigenvalue weighted by atomic mass is 16.5. The number of nitrogens with zero attached hydrogens (tertiary/aromatic N) is 5. The first kappa shape index (κ1) is 12.4. The number of nitriles is 1. The molecular formula is C14H13N5O. The average Bonchev–Trinajstić information content (AvgIpc) is 2.53. The van der Waals surface area contributed by atoms with E-state index in [-0.39, 0.29) is 0 Å². The van der Waals surface area contributed by atoms with E-state index in [1.54, 1.807) is 25.4 Å². The molecule has 0 N–H and O–H groups in total. The number of aromatic nitrogens is 3. The fraction of sp³-hybridized carbons (Fsp3) is 0.286. The Kier molecular flexibility index (Phi) is 3.17. The molecule has 6 nitrogen and oxygen atoms in total. The molecule has 0 bridgehead atoms. The molecule has 0 aliphatic carbocycles. The summed E-state index contributed by atoms with van der Waals surface area (Å²) in [6.45, 7) is 1.38. The Hall–Kier alpha value is -2.68. The van der Waals surface area contributed by atoms with Crippen LogP contribution in [0.2, 0.25) is 0 Å². The summed E-state index contributed by atoms with van der Waals surface area (Å²) in [5.41, 5.74) is 2.55. The van der Waals surface area contributed by atoms with Gasteiger partial charge in [0, 0.05) is 19.2 Å². The number of methoxy groups -OCH3 is 1. The Morgan fingerprint density at radius 2 is 2.25 bits per heavy atom. The van der Waals surface area contributed by atoms with Gasteiger partial charge in [0.2, 0.25) is 5.88 Å². The Morgan fingerprint density at radius 3 is 3.05 bits per heavy atom. The van der Waals surface area contributed by atoms with Crippen molar-refractivity contribution in [1.29, 1.82) is 5.26 Å². The fourth-order valence-corrected chi connectivity index (χ4v) is 2.41. The standard InChI is InChI=1S/C14H13N5O/c1-20-14-11-8-19(6-4-12(11)17-9-18-14)13-10(7-15)3-2-5-16-13/h2-3,5,9H,4,6,8H2,1H3.